The molecule has 0 heterocycles. The number of rotatable bonds is 4. The van der Waals surface area contributed by atoms with Crippen molar-refractivity contribution in [2.75, 3.05) is 0 Å². The maximum Gasteiger partial charge on any atom is 0.322 e. The van der Waals surface area contributed by atoms with Crippen LogP contribution < -0.4 is 4.72 Å². The highest BCUT2D eigenvalue weighted by Crippen LogP contribution is 2.24. The summed E-state index contributed by atoms with van der Waals surface area (Å²) in [4.78, 5) is 11.3. The Kier molecular flexibility index (Phi) is 4.84. The molecule has 0 aromatic heterocycles. The molecular weight excluding hydrogens is 302 g/mol. The molecule has 0 bridgehead atoms. The Morgan fingerprint density at radius 2 is 1.90 bits per heavy atom. The van der Waals surface area contributed by atoms with Crippen LogP contribution in [0.25, 0.3) is 0 Å². The number of hydrogen-bond donors (Lipinski definition) is 2. The first-order valence-electron chi connectivity index (χ1n) is 5.96. The molecule has 0 amide bonds. The standard InChI is InChI=1S/C13H18ClNO4S/c1-8-7-9(14)5-6-10(8)20(18,19)15-11(12(16)17)13(2,3)4/h5-7,11,15H,1-4H3,(H,16,17)/t11-/m1/s1. The van der Waals surface area contributed by atoms with Gasteiger partial charge >= 0.3 is 5.97 Å². The van der Waals surface area contributed by atoms with Crippen molar-refractivity contribution in [2.45, 2.75) is 38.6 Å². The molecule has 0 saturated carbocycles. The van der Waals surface area contributed by atoms with E-state index in [0.717, 1.165) is 0 Å². The number of aliphatic carboxylic acids is 1. The highest BCUT2D eigenvalue weighted by molar-refractivity contribution is 7.89. The van der Waals surface area contributed by atoms with Gasteiger partial charge in [0.05, 0.1) is 4.90 Å². The molecule has 0 fully saturated rings. The van der Waals surface area contributed by atoms with Gasteiger partial charge in [-0.25, -0.2) is 8.42 Å². The minimum atomic E-state index is -3.92. The van der Waals surface area contributed by atoms with Crippen molar-refractivity contribution in [2.24, 2.45) is 5.41 Å². The maximum atomic E-state index is 12.3. The predicted octanol–water partition coefficient (Wildman–Crippen LogP) is 2.43. The second-order valence-corrected chi connectivity index (χ2v) is 7.79. The molecular formula is C13H18ClNO4S. The minimum Gasteiger partial charge on any atom is -0.480 e. The van der Waals surface area contributed by atoms with Gasteiger partial charge in [0.25, 0.3) is 0 Å². The lowest BCUT2D eigenvalue weighted by atomic mass is 9.88. The summed E-state index contributed by atoms with van der Waals surface area (Å²) in [6, 6.07) is 3.11. The summed E-state index contributed by atoms with van der Waals surface area (Å²) in [5.41, 5.74) is -0.290. The highest BCUT2D eigenvalue weighted by atomic mass is 35.5. The van der Waals surface area contributed by atoms with Crippen molar-refractivity contribution < 1.29 is 18.3 Å². The maximum absolute atomic E-state index is 12.3. The molecule has 5 nitrogen and oxygen atoms in total. The van der Waals surface area contributed by atoms with E-state index in [1.165, 1.54) is 18.2 Å². The molecule has 1 aromatic rings. The molecule has 0 aliphatic carbocycles. The molecule has 0 unspecified atom stereocenters. The van der Waals surface area contributed by atoms with Crippen LogP contribution in [0.4, 0.5) is 0 Å². The molecule has 0 aliphatic heterocycles. The fourth-order valence-corrected chi connectivity index (χ4v) is 3.58. The zero-order valence-electron chi connectivity index (χ0n) is 11.8. The first kappa shape index (κ1) is 16.9. The van der Waals surface area contributed by atoms with Crippen molar-refractivity contribution >= 4 is 27.6 Å². The van der Waals surface area contributed by atoms with Crippen LogP contribution in [-0.4, -0.2) is 25.5 Å². The van der Waals surface area contributed by atoms with Crippen molar-refractivity contribution in [1.29, 1.82) is 0 Å². The van der Waals surface area contributed by atoms with Gasteiger partial charge in [-0.2, -0.15) is 4.72 Å². The van der Waals surface area contributed by atoms with Gasteiger partial charge in [0.2, 0.25) is 10.0 Å². The third-order valence-electron chi connectivity index (χ3n) is 2.81. The van der Waals surface area contributed by atoms with Gasteiger partial charge < -0.3 is 5.11 Å². The Labute approximate surface area is 124 Å². The predicted molar refractivity (Wildman–Crippen MR) is 77.4 cm³/mol. The quantitative estimate of drug-likeness (QED) is 0.892. The van der Waals surface area contributed by atoms with Crippen LogP contribution in [0, 0.1) is 12.3 Å². The van der Waals surface area contributed by atoms with Crippen molar-refractivity contribution in [1.82, 2.24) is 4.72 Å². The zero-order chi connectivity index (χ0) is 15.7. The number of aryl methyl sites for hydroxylation is 1. The van der Waals surface area contributed by atoms with Gasteiger partial charge in [0, 0.05) is 5.02 Å². The van der Waals surface area contributed by atoms with E-state index >= 15 is 0 Å². The number of sulfonamides is 1. The summed E-state index contributed by atoms with van der Waals surface area (Å²) in [5.74, 6) is -1.22. The second kappa shape index (κ2) is 5.71. The molecule has 1 rings (SSSR count). The molecule has 20 heavy (non-hydrogen) atoms. The van der Waals surface area contributed by atoms with Crippen molar-refractivity contribution in [3.05, 3.63) is 28.8 Å². The van der Waals surface area contributed by atoms with E-state index in [9.17, 15) is 18.3 Å². The lowest BCUT2D eigenvalue weighted by Crippen LogP contribution is -2.49. The summed E-state index contributed by atoms with van der Waals surface area (Å²) in [5, 5.41) is 9.61. The Bertz CT molecular complexity index is 620. The molecule has 0 aliphatic rings. The lowest BCUT2D eigenvalue weighted by molar-refractivity contribution is -0.141. The topological polar surface area (TPSA) is 83.5 Å². The molecule has 112 valence electrons. The van der Waals surface area contributed by atoms with Gasteiger partial charge in [-0.1, -0.05) is 32.4 Å². The van der Waals surface area contributed by atoms with E-state index in [-0.39, 0.29) is 4.90 Å². The monoisotopic (exact) mass is 319 g/mol. The SMILES string of the molecule is Cc1cc(Cl)ccc1S(=O)(=O)N[C@H](C(=O)O)C(C)(C)C. The molecule has 1 aromatic carbocycles. The van der Waals surface area contributed by atoms with E-state index in [1.807, 2.05) is 0 Å². The summed E-state index contributed by atoms with van der Waals surface area (Å²) < 4.78 is 26.9. The van der Waals surface area contributed by atoms with Crippen LogP contribution in [-0.2, 0) is 14.8 Å². The number of carboxylic acid groups (broad SMARTS) is 1. The van der Waals surface area contributed by atoms with Crippen LogP contribution >= 0.6 is 11.6 Å². The number of carboxylic acids is 1. The Morgan fingerprint density at radius 3 is 2.30 bits per heavy atom. The number of nitrogens with one attached hydrogen (secondary N) is 1. The minimum absolute atomic E-state index is 0.0254. The smallest absolute Gasteiger partial charge is 0.322 e. The van der Waals surface area contributed by atoms with Gasteiger partial charge in [-0.05, 0) is 36.1 Å². The fraction of sp³-hybridized carbons (Fsp3) is 0.462. The van der Waals surface area contributed by atoms with Crippen LogP contribution in [0.2, 0.25) is 5.02 Å². The first-order valence-corrected chi connectivity index (χ1v) is 7.82. The van der Waals surface area contributed by atoms with Gasteiger partial charge in [-0.15, -0.1) is 0 Å². The number of hydrogen-bond acceptors (Lipinski definition) is 3. The van der Waals surface area contributed by atoms with Crippen LogP contribution in [0.15, 0.2) is 23.1 Å². The molecule has 0 saturated heterocycles. The molecule has 1 atom stereocenters. The average Bonchev–Trinajstić information content (AvgIpc) is 2.23. The van der Waals surface area contributed by atoms with Gasteiger partial charge in [0.15, 0.2) is 0 Å². The molecule has 7 heteroatoms. The molecule has 0 radical (unpaired) electrons. The van der Waals surface area contributed by atoms with E-state index in [0.29, 0.717) is 10.6 Å². The summed E-state index contributed by atoms with van der Waals surface area (Å²) >= 11 is 5.79. The molecule has 0 spiro atoms. The highest BCUT2D eigenvalue weighted by Gasteiger charge is 2.35. The van der Waals surface area contributed by atoms with Crippen LogP contribution in [0.1, 0.15) is 26.3 Å². The summed E-state index contributed by atoms with van der Waals surface area (Å²) in [6.45, 7) is 6.57. The normalized spacial score (nSPS) is 14.1. The van der Waals surface area contributed by atoms with Crippen LogP contribution in [0.5, 0.6) is 0 Å². The summed E-state index contributed by atoms with van der Waals surface area (Å²) in [7, 11) is -3.92. The van der Waals surface area contributed by atoms with Gasteiger partial charge in [0.1, 0.15) is 6.04 Å². The van der Waals surface area contributed by atoms with E-state index in [1.54, 1.807) is 27.7 Å². The number of benzene rings is 1. The average molecular weight is 320 g/mol. The Hall–Kier alpha value is -1.11. The third-order valence-corrected chi connectivity index (χ3v) is 4.63. The van der Waals surface area contributed by atoms with E-state index < -0.39 is 27.4 Å². The second-order valence-electron chi connectivity index (χ2n) is 5.67. The zero-order valence-corrected chi connectivity index (χ0v) is 13.3. The number of halogens is 1. The van der Waals surface area contributed by atoms with Crippen LogP contribution in [0.3, 0.4) is 0 Å². The first-order chi connectivity index (χ1) is 8.95. The third kappa shape index (κ3) is 3.94. The van der Waals surface area contributed by atoms with Crippen molar-refractivity contribution in [3.8, 4) is 0 Å². The number of carbonyl (C=O) groups is 1. The summed E-state index contributed by atoms with van der Waals surface area (Å²) in [6.07, 6.45) is 0. The lowest BCUT2D eigenvalue weighted by Gasteiger charge is -2.27. The largest absolute Gasteiger partial charge is 0.480 e. The molecule has 2 N–H and O–H groups in total. The van der Waals surface area contributed by atoms with Crippen molar-refractivity contribution in [3.63, 3.8) is 0 Å². The Morgan fingerprint density at radius 1 is 1.35 bits per heavy atom. The van der Waals surface area contributed by atoms with E-state index in [2.05, 4.69) is 4.72 Å². The Balaban J connectivity index is 3.20. The fourth-order valence-electron chi connectivity index (χ4n) is 1.73. The van der Waals surface area contributed by atoms with Gasteiger partial charge in [-0.3, -0.25) is 4.79 Å². The van der Waals surface area contributed by atoms with E-state index in [4.69, 9.17) is 11.6 Å².